The molecule has 0 spiro atoms. The van der Waals surface area contributed by atoms with Gasteiger partial charge in [0.15, 0.2) is 11.2 Å². The average Bonchev–Trinajstić information content (AvgIpc) is 2.88. The molecular formula is C18H24N4O2. The van der Waals surface area contributed by atoms with Crippen molar-refractivity contribution in [2.75, 3.05) is 0 Å². The van der Waals surface area contributed by atoms with Crippen LogP contribution in [0.1, 0.15) is 44.3 Å². The summed E-state index contributed by atoms with van der Waals surface area (Å²) in [5, 5.41) is 0. The first-order valence-electron chi connectivity index (χ1n) is 9.02. The van der Waals surface area contributed by atoms with E-state index in [1.807, 2.05) is 11.6 Å². The monoisotopic (exact) mass is 328 g/mol. The summed E-state index contributed by atoms with van der Waals surface area (Å²) in [5.41, 5.74) is 0.673. The molecule has 0 saturated heterocycles. The first-order valence-corrected chi connectivity index (χ1v) is 9.02. The highest BCUT2D eigenvalue weighted by Crippen LogP contribution is 2.60. The van der Waals surface area contributed by atoms with Crippen molar-refractivity contribution in [2.24, 2.45) is 38.9 Å². The number of rotatable bonds is 1. The number of hydrogen-bond acceptors (Lipinski definition) is 3. The molecule has 4 aliphatic rings. The molecule has 2 aromatic heterocycles. The van der Waals surface area contributed by atoms with Gasteiger partial charge in [0.05, 0.1) is 0 Å². The maximum absolute atomic E-state index is 12.7. The third-order valence-electron chi connectivity index (χ3n) is 6.99. The first kappa shape index (κ1) is 14.5. The molecule has 0 aromatic carbocycles. The average molecular weight is 328 g/mol. The van der Waals surface area contributed by atoms with E-state index < -0.39 is 0 Å². The fraction of sp³-hybridized carbons (Fsp3) is 0.722. The molecule has 2 aromatic rings. The lowest BCUT2D eigenvalue weighted by Gasteiger charge is -2.56. The van der Waals surface area contributed by atoms with Crippen LogP contribution >= 0.6 is 0 Å². The second-order valence-corrected chi connectivity index (χ2v) is 8.57. The number of fused-ring (bicyclic) bond motifs is 1. The Morgan fingerprint density at radius 3 is 1.96 bits per heavy atom. The lowest BCUT2D eigenvalue weighted by molar-refractivity contribution is -0.0104. The smallest absolute Gasteiger partial charge is 0.325 e. The molecule has 2 heterocycles. The highest BCUT2D eigenvalue weighted by Gasteiger charge is 2.53. The fourth-order valence-electron chi connectivity index (χ4n) is 6.38. The minimum Gasteiger partial charge on any atom is -0.325 e. The van der Waals surface area contributed by atoms with Crippen molar-refractivity contribution in [3.8, 4) is 0 Å². The van der Waals surface area contributed by atoms with E-state index in [4.69, 9.17) is 4.98 Å². The Morgan fingerprint density at radius 2 is 1.42 bits per heavy atom. The van der Waals surface area contributed by atoms with Gasteiger partial charge in [-0.25, -0.2) is 9.78 Å². The standard InChI is InChI=1S/C18H24N4O2/c1-20-13-14(21(2)17(24)22(3)15(13)23)19-16(20)18-7-10-4-11(8-18)6-12(5-10)9-18/h10-12H,4-9H2,1-3H3. The zero-order valence-corrected chi connectivity index (χ0v) is 14.6. The van der Waals surface area contributed by atoms with Crippen LogP contribution in [-0.4, -0.2) is 18.7 Å². The van der Waals surface area contributed by atoms with E-state index in [0.29, 0.717) is 11.2 Å². The van der Waals surface area contributed by atoms with Crippen molar-refractivity contribution in [3.05, 3.63) is 26.7 Å². The van der Waals surface area contributed by atoms with Crippen molar-refractivity contribution in [2.45, 2.75) is 43.9 Å². The van der Waals surface area contributed by atoms with Crippen LogP contribution in [0.5, 0.6) is 0 Å². The minimum absolute atomic E-state index is 0.115. The summed E-state index contributed by atoms with van der Waals surface area (Å²) >= 11 is 0. The Morgan fingerprint density at radius 1 is 0.875 bits per heavy atom. The molecule has 128 valence electrons. The van der Waals surface area contributed by atoms with E-state index >= 15 is 0 Å². The molecule has 0 radical (unpaired) electrons. The molecule has 0 N–H and O–H groups in total. The second-order valence-electron chi connectivity index (χ2n) is 8.57. The molecule has 4 aliphatic carbocycles. The molecule has 6 rings (SSSR count). The Bertz CT molecular complexity index is 942. The number of imidazole rings is 1. The van der Waals surface area contributed by atoms with E-state index in [0.717, 1.165) is 23.6 Å². The number of nitrogens with zero attached hydrogens (tertiary/aromatic N) is 4. The van der Waals surface area contributed by atoms with Crippen LogP contribution in [-0.2, 0) is 26.6 Å². The maximum Gasteiger partial charge on any atom is 0.332 e. The van der Waals surface area contributed by atoms with Crippen molar-refractivity contribution in [1.29, 1.82) is 0 Å². The fourth-order valence-corrected chi connectivity index (χ4v) is 6.38. The number of hydrogen-bond donors (Lipinski definition) is 0. The van der Waals surface area contributed by atoms with Gasteiger partial charge in [-0.3, -0.25) is 13.9 Å². The lowest BCUT2D eigenvalue weighted by atomic mass is 9.49. The van der Waals surface area contributed by atoms with Crippen LogP contribution in [0.2, 0.25) is 0 Å². The van der Waals surface area contributed by atoms with Gasteiger partial charge < -0.3 is 4.57 Å². The van der Waals surface area contributed by atoms with Crippen molar-refractivity contribution in [3.63, 3.8) is 0 Å². The molecule has 6 nitrogen and oxygen atoms in total. The molecular weight excluding hydrogens is 304 g/mol. The minimum atomic E-state index is -0.303. The molecule has 24 heavy (non-hydrogen) atoms. The topological polar surface area (TPSA) is 61.8 Å². The summed E-state index contributed by atoms with van der Waals surface area (Å²) in [7, 11) is 5.21. The van der Waals surface area contributed by atoms with Gasteiger partial charge in [0.1, 0.15) is 5.82 Å². The van der Waals surface area contributed by atoms with Crippen molar-refractivity contribution < 1.29 is 0 Å². The van der Waals surface area contributed by atoms with Gasteiger partial charge in [-0.1, -0.05) is 0 Å². The van der Waals surface area contributed by atoms with Crippen LogP contribution in [0.4, 0.5) is 0 Å². The number of aryl methyl sites for hydroxylation is 2. The third-order valence-corrected chi connectivity index (χ3v) is 6.99. The first-order chi connectivity index (χ1) is 11.4. The lowest BCUT2D eigenvalue weighted by Crippen LogP contribution is -2.49. The summed E-state index contributed by atoms with van der Waals surface area (Å²) in [6, 6.07) is 0. The van der Waals surface area contributed by atoms with Crippen LogP contribution in [0.25, 0.3) is 11.2 Å². The largest absolute Gasteiger partial charge is 0.332 e. The van der Waals surface area contributed by atoms with E-state index in [9.17, 15) is 9.59 Å². The second kappa shape index (κ2) is 4.41. The summed E-state index contributed by atoms with van der Waals surface area (Å²) in [4.78, 5) is 29.8. The molecule has 4 saturated carbocycles. The van der Waals surface area contributed by atoms with Crippen LogP contribution in [0, 0.1) is 17.8 Å². The zero-order valence-electron chi connectivity index (χ0n) is 14.6. The molecule has 6 heteroatoms. The Hall–Kier alpha value is -1.85. The molecule has 0 unspecified atom stereocenters. The zero-order chi connectivity index (χ0) is 16.8. The molecule has 0 atom stereocenters. The van der Waals surface area contributed by atoms with Crippen LogP contribution < -0.4 is 11.2 Å². The summed E-state index contributed by atoms with van der Waals surface area (Å²) < 4.78 is 4.69. The van der Waals surface area contributed by atoms with Crippen LogP contribution in [0.3, 0.4) is 0 Å². The summed E-state index contributed by atoms with van der Waals surface area (Å²) in [6.07, 6.45) is 7.73. The van der Waals surface area contributed by atoms with Gasteiger partial charge in [0.2, 0.25) is 0 Å². The molecule has 0 aliphatic heterocycles. The Kier molecular flexibility index (Phi) is 2.66. The van der Waals surface area contributed by atoms with Crippen molar-refractivity contribution >= 4 is 11.2 Å². The van der Waals surface area contributed by atoms with Gasteiger partial charge >= 0.3 is 5.69 Å². The Balaban J connectivity index is 1.78. The van der Waals surface area contributed by atoms with Gasteiger partial charge in [-0.05, 0) is 56.3 Å². The maximum atomic E-state index is 12.7. The van der Waals surface area contributed by atoms with Gasteiger partial charge in [0.25, 0.3) is 5.56 Å². The predicted molar refractivity (Wildman–Crippen MR) is 91.0 cm³/mol. The quantitative estimate of drug-likeness (QED) is 0.796. The predicted octanol–water partition coefficient (Wildman–Crippen LogP) is 1.44. The van der Waals surface area contributed by atoms with Gasteiger partial charge in [-0.2, -0.15) is 0 Å². The highest BCUT2D eigenvalue weighted by atomic mass is 16.2. The van der Waals surface area contributed by atoms with E-state index in [1.54, 1.807) is 14.1 Å². The normalized spacial score (nSPS) is 34.4. The third kappa shape index (κ3) is 1.64. The molecule has 4 bridgehead atoms. The molecule has 4 fully saturated rings. The van der Waals surface area contributed by atoms with Gasteiger partial charge in [-0.15, -0.1) is 0 Å². The highest BCUT2D eigenvalue weighted by molar-refractivity contribution is 5.71. The molecule has 0 amide bonds. The van der Waals surface area contributed by atoms with E-state index in [1.165, 1.54) is 47.7 Å². The SMILES string of the molecule is Cn1c(=O)c2c(nc(C34CC5CC(CC(C5)C3)C4)n2C)n(C)c1=O. The van der Waals surface area contributed by atoms with E-state index in [-0.39, 0.29) is 16.7 Å². The Labute approximate surface area is 140 Å². The van der Waals surface area contributed by atoms with Gasteiger partial charge in [0, 0.05) is 26.6 Å². The van der Waals surface area contributed by atoms with Crippen molar-refractivity contribution in [1.82, 2.24) is 18.7 Å². The number of aromatic nitrogens is 4. The summed E-state index contributed by atoms with van der Waals surface area (Å²) in [6.45, 7) is 0. The van der Waals surface area contributed by atoms with Crippen LogP contribution in [0.15, 0.2) is 9.59 Å². The van der Waals surface area contributed by atoms with E-state index in [2.05, 4.69) is 0 Å². The summed E-state index contributed by atoms with van der Waals surface area (Å²) in [5.74, 6) is 3.50.